The average Bonchev–Trinajstić information content (AvgIpc) is 2.37. The van der Waals surface area contributed by atoms with Crippen LogP contribution in [0, 0.1) is 6.92 Å². The number of rotatable bonds is 3. The average molecular weight is 246 g/mol. The van der Waals surface area contributed by atoms with Crippen molar-refractivity contribution in [2.45, 2.75) is 6.92 Å². The summed E-state index contributed by atoms with van der Waals surface area (Å²) in [6, 6.07) is 5.40. The van der Waals surface area contributed by atoms with Gasteiger partial charge in [0.25, 0.3) is 0 Å². The summed E-state index contributed by atoms with van der Waals surface area (Å²) in [6.45, 7) is 1.93. The normalized spacial score (nSPS) is 10.2. The van der Waals surface area contributed by atoms with Crippen molar-refractivity contribution in [3.8, 4) is 22.8 Å². The highest BCUT2D eigenvalue weighted by atomic mass is 16.5. The summed E-state index contributed by atoms with van der Waals surface area (Å²) in [7, 11) is 3.18. The van der Waals surface area contributed by atoms with E-state index in [4.69, 9.17) is 9.47 Å². The van der Waals surface area contributed by atoms with Gasteiger partial charge in [-0.3, -0.25) is 0 Å². The highest BCUT2D eigenvalue weighted by molar-refractivity contribution is 5.72. The van der Waals surface area contributed by atoms with Crippen LogP contribution in [0.25, 0.3) is 11.3 Å². The maximum atomic E-state index is 11.3. The molecule has 0 spiro atoms. The van der Waals surface area contributed by atoms with Crippen LogP contribution in [0.3, 0.4) is 0 Å². The minimum absolute atomic E-state index is 0.384. The van der Waals surface area contributed by atoms with Crippen molar-refractivity contribution < 1.29 is 9.47 Å². The van der Waals surface area contributed by atoms with Gasteiger partial charge in [0.15, 0.2) is 0 Å². The third-order valence-electron chi connectivity index (χ3n) is 2.67. The van der Waals surface area contributed by atoms with E-state index in [1.165, 1.54) is 6.20 Å². The molecular weight excluding hydrogens is 232 g/mol. The fourth-order valence-corrected chi connectivity index (χ4v) is 1.86. The molecule has 1 N–H and O–H groups in total. The minimum atomic E-state index is -0.384. The first-order valence-corrected chi connectivity index (χ1v) is 5.44. The third kappa shape index (κ3) is 2.20. The molecule has 0 saturated heterocycles. The van der Waals surface area contributed by atoms with E-state index in [2.05, 4.69) is 9.97 Å². The minimum Gasteiger partial charge on any atom is -0.497 e. The molecule has 1 aromatic heterocycles. The topological polar surface area (TPSA) is 64.2 Å². The first kappa shape index (κ1) is 12.2. The highest BCUT2D eigenvalue weighted by Gasteiger charge is 2.12. The second-order valence-electron chi connectivity index (χ2n) is 3.81. The van der Waals surface area contributed by atoms with Crippen LogP contribution in [0.5, 0.6) is 11.5 Å². The number of ether oxygens (including phenoxy) is 2. The van der Waals surface area contributed by atoms with E-state index < -0.39 is 0 Å². The number of hydrogen-bond acceptors (Lipinski definition) is 4. The lowest BCUT2D eigenvalue weighted by atomic mass is 10.0. The van der Waals surface area contributed by atoms with E-state index in [0.717, 1.165) is 11.1 Å². The second-order valence-corrected chi connectivity index (χ2v) is 3.81. The smallest absolute Gasteiger partial charge is 0.345 e. The Hall–Kier alpha value is -2.30. The molecule has 1 aromatic carbocycles. The Morgan fingerprint density at radius 1 is 1.22 bits per heavy atom. The van der Waals surface area contributed by atoms with Crippen LogP contribution in [0.2, 0.25) is 0 Å². The summed E-state index contributed by atoms with van der Waals surface area (Å²) in [5, 5.41) is 0. The molecule has 0 aliphatic carbocycles. The Balaban J connectivity index is 2.66. The zero-order valence-electron chi connectivity index (χ0n) is 10.5. The molecule has 5 nitrogen and oxygen atoms in total. The number of nitrogens with one attached hydrogen (secondary N) is 1. The molecule has 0 fully saturated rings. The van der Waals surface area contributed by atoms with E-state index >= 15 is 0 Å². The number of aromatic nitrogens is 2. The fourth-order valence-electron chi connectivity index (χ4n) is 1.86. The van der Waals surface area contributed by atoms with Gasteiger partial charge in [-0.15, -0.1) is 0 Å². The zero-order valence-corrected chi connectivity index (χ0v) is 10.5. The highest BCUT2D eigenvalue weighted by Crippen LogP contribution is 2.35. The van der Waals surface area contributed by atoms with Crippen LogP contribution >= 0.6 is 0 Å². The number of benzene rings is 1. The molecule has 0 aliphatic rings. The quantitative estimate of drug-likeness (QED) is 0.896. The Kier molecular flexibility index (Phi) is 3.32. The molecule has 0 atom stereocenters. The summed E-state index contributed by atoms with van der Waals surface area (Å²) in [5.41, 5.74) is 2.07. The van der Waals surface area contributed by atoms with Crippen molar-refractivity contribution in [1.29, 1.82) is 0 Å². The third-order valence-corrected chi connectivity index (χ3v) is 2.67. The molecule has 94 valence electrons. The molecule has 18 heavy (non-hydrogen) atoms. The summed E-state index contributed by atoms with van der Waals surface area (Å²) in [5.74, 6) is 1.36. The van der Waals surface area contributed by atoms with E-state index in [9.17, 15) is 4.79 Å². The van der Waals surface area contributed by atoms with E-state index in [0.29, 0.717) is 17.2 Å². The molecule has 2 aromatic rings. The molecule has 2 rings (SSSR count). The first-order chi connectivity index (χ1) is 8.65. The maximum absolute atomic E-state index is 11.3. The van der Waals surface area contributed by atoms with Gasteiger partial charge in [-0.2, -0.15) is 0 Å². The molecule has 0 radical (unpaired) electrons. The summed E-state index contributed by atoms with van der Waals surface area (Å²) >= 11 is 0. The van der Waals surface area contributed by atoms with Crippen molar-refractivity contribution in [3.05, 3.63) is 40.4 Å². The van der Waals surface area contributed by atoms with E-state index in [-0.39, 0.29) is 5.69 Å². The van der Waals surface area contributed by atoms with Gasteiger partial charge in [0.1, 0.15) is 11.5 Å². The second kappa shape index (κ2) is 4.91. The molecule has 5 heteroatoms. The van der Waals surface area contributed by atoms with Crippen molar-refractivity contribution in [2.24, 2.45) is 0 Å². The number of hydrogen-bond donors (Lipinski definition) is 1. The number of aryl methyl sites for hydroxylation is 1. The molecule has 0 amide bonds. The molecule has 0 unspecified atom stereocenters. The van der Waals surface area contributed by atoms with E-state index in [1.54, 1.807) is 26.4 Å². The molecular formula is C13H14N2O3. The summed E-state index contributed by atoms with van der Waals surface area (Å²) in [6.07, 6.45) is 1.47. The van der Waals surface area contributed by atoms with Gasteiger partial charge in [0.2, 0.25) is 0 Å². The number of H-pyrrole nitrogens is 1. The molecule has 0 saturated carbocycles. The Labute approximate surface area is 104 Å². The Morgan fingerprint density at radius 3 is 2.61 bits per heavy atom. The summed E-state index contributed by atoms with van der Waals surface area (Å²) < 4.78 is 10.5. The lowest BCUT2D eigenvalue weighted by Crippen LogP contribution is -2.10. The van der Waals surface area contributed by atoms with Crippen molar-refractivity contribution in [1.82, 2.24) is 9.97 Å². The van der Waals surface area contributed by atoms with Crippen LogP contribution in [-0.4, -0.2) is 24.2 Å². The predicted octanol–water partition coefficient (Wildman–Crippen LogP) is 1.76. The molecule has 1 heterocycles. The van der Waals surface area contributed by atoms with Gasteiger partial charge in [0.05, 0.1) is 19.9 Å². The zero-order chi connectivity index (χ0) is 13.1. The number of nitrogens with zero attached hydrogens (tertiary/aromatic N) is 1. The van der Waals surface area contributed by atoms with Crippen molar-refractivity contribution >= 4 is 0 Å². The van der Waals surface area contributed by atoms with Crippen LogP contribution in [0.4, 0.5) is 0 Å². The standard InChI is InChI=1S/C13H14N2O3/c1-8-6-9(17-2)7-11(18-3)12(8)10-4-5-14-13(16)15-10/h4-7H,1-3H3,(H,14,15,16). The van der Waals surface area contributed by atoms with Gasteiger partial charge in [0, 0.05) is 17.8 Å². The number of aromatic amines is 1. The van der Waals surface area contributed by atoms with Crippen LogP contribution < -0.4 is 15.2 Å². The van der Waals surface area contributed by atoms with Crippen LogP contribution in [-0.2, 0) is 0 Å². The number of methoxy groups -OCH3 is 2. The van der Waals surface area contributed by atoms with Crippen LogP contribution in [0.1, 0.15) is 5.56 Å². The van der Waals surface area contributed by atoms with Gasteiger partial charge in [-0.1, -0.05) is 0 Å². The van der Waals surface area contributed by atoms with E-state index in [1.807, 2.05) is 13.0 Å². The lowest BCUT2D eigenvalue weighted by Gasteiger charge is -2.13. The predicted molar refractivity (Wildman–Crippen MR) is 68.1 cm³/mol. The SMILES string of the molecule is COc1cc(C)c(-c2ccnc(=O)[nH]2)c(OC)c1. The maximum Gasteiger partial charge on any atom is 0.345 e. The Morgan fingerprint density at radius 2 is 2.00 bits per heavy atom. The van der Waals surface area contributed by atoms with Gasteiger partial charge in [-0.05, 0) is 24.6 Å². The van der Waals surface area contributed by atoms with Gasteiger partial charge < -0.3 is 14.5 Å². The molecule has 0 aliphatic heterocycles. The largest absolute Gasteiger partial charge is 0.497 e. The molecule has 0 bridgehead atoms. The van der Waals surface area contributed by atoms with Crippen LogP contribution in [0.15, 0.2) is 29.2 Å². The first-order valence-electron chi connectivity index (χ1n) is 5.44. The lowest BCUT2D eigenvalue weighted by molar-refractivity contribution is 0.395. The van der Waals surface area contributed by atoms with Crippen molar-refractivity contribution in [3.63, 3.8) is 0 Å². The van der Waals surface area contributed by atoms with Crippen molar-refractivity contribution in [2.75, 3.05) is 14.2 Å². The van der Waals surface area contributed by atoms with Gasteiger partial charge >= 0.3 is 5.69 Å². The Bertz CT molecular complexity index is 620. The summed E-state index contributed by atoms with van der Waals surface area (Å²) in [4.78, 5) is 17.6. The fraction of sp³-hybridized carbons (Fsp3) is 0.231. The van der Waals surface area contributed by atoms with Gasteiger partial charge in [-0.25, -0.2) is 9.78 Å². The monoisotopic (exact) mass is 246 g/mol.